The van der Waals surface area contributed by atoms with E-state index in [0.29, 0.717) is 47.0 Å². The van der Waals surface area contributed by atoms with Crippen LogP contribution >= 0.6 is 0 Å². The van der Waals surface area contributed by atoms with Gasteiger partial charge in [0.25, 0.3) is 0 Å². The molecular formula is C50H68BF2N3O5. The number of nitrogens with one attached hydrogen (secondary N) is 1. The highest BCUT2D eigenvalue weighted by atomic mass is 19.2. The molecule has 2 atom stereocenters. The van der Waals surface area contributed by atoms with Crippen LogP contribution in [0, 0.1) is 13.8 Å². The van der Waals surface area contributed by atoms with Gasteiger partial charge in [-0.05, 0) is 101 Å². The monoisotopic (exact) mass is 840 g/mol. The number of ketones is 1. The Labute approximate surface area is 362 Å². The van der Waals surface area contributed by atoms with Crippen molar-refractivity contribution in [1.82, 2.24) is 9.79 Å². The minimum Gasteiger partial charge on any atom is -0.494 e. The van der Waals surface area contributed by atoms with Gasteiger partial charge in [0, 0.05) is 47.4 Å². The van der Waals surface area contributed by atoms with Crippen molar-refractivity contribution < 1.29 is 37.7 Å². The molecule has 330 valence electrons. The normalized spacial score (nSPS) is 15.5. The second-order valence-corrected chi connectivity index (χ2v) is 17.0. The minimum absolute atomic E-state index is 0.00354. The maximum Gasteiger partial charge on any atom is 0.737 e. The van der Waals surface area contributed by atoms with E-state index in [0.717, 1.165) is 125 Å². The summed E-state index contributed by atoms with van der Waals surface area (Å²) in [6.45, 7) is 3.82. The molecule has 2 aromatic carbocycles. The number of aliphatic hydroxyl groups excluding tert-OH is 2. The van der Waals surface area contributed by atoms with Gasteiger partial charge in [0.05, 0.1) is 25.4 Å². The van der Waals surface area contributed by atoms with E-state index in [1.165, 1.54) is 8.96 Å². The Morgan fingerprint density at radius 2 is 1.43 bits per heavy atom. The lowest BCUT2D eigenvalue weighted by Crippen LogP contribution is -2.51. The second kappa shape index (κ2) is 23.6. The van der Waals surface area contributed by atoms with Gasteiger partial charge in [-0.15, -0.1) is 0 Å². The lowest BCUT2D eigenvalue weighted by atomic mass is 9.84. The Morgan fingerprint density at radius 1 is 0.820 bits per heavy atom. The lowest BCUT2D eigenvalue weighted by molar-refractivity contribution is -0.363. The first-order valence-corrected chi connectivity index (χ1v) is 22.8. The topological polar surface area (TPSA) is 104 Å². The van der Waals surface area contributed by atoms with Gasteiger partial charge in [-0.25, -0.2) is 0 Å². The highest BCUT2D eigenvalue weighted by molar-refractivity contribution is 6.58. The van der Waals surface area contributed by atoms with E-state index in [1.807, 2.05) is 86.7 Å². The molecule has 3 aromatic rings. The summed E-state index contributed by atoms with van der Waals surface area (Å²) in [6, 6.07) is 17.7. The largest absolute Gasteiger partial charge is 0.737 e. The molecule has 0 spiro atoms. The first kappa shape index (κ1) is 47.4. The van der Waals surface area contributed by atoms with Gasteiger partial charge in [0.1, 0.15) is 11.5 Å². The van der Waals surface area contributed by atoms with E-state index in [1.54, 1.807) is 19.9 Å². The maximum absolute atomic E-state index is 15.8. The van der Waals surface area contributed by atoms with Crippen molar-refractivity contribution in [2.75, 3.05) is 13.2 Å². The number of nitrogens with zero attached hydrogens (tertiary/aromatic N) is 2. The van der Waals surface area contributed by atoms with E-state index < -0.39 is 19.1 Å². The van der Waals surface area contributed by atoms with E-state index in [-0.39, 0.29) is 18.3 Å². The second-order valence-electron chi connectivity index (χ2n) is 17.0. The van der Waals surface area contributed by atoms with Crippen molar-refractivity contribution in [3.8, 4) is 5.75 Å². The molecule has 0 saturated heterocycles. The summed E-state index contributed by atoms with van der Waals surface area (Å²) in [6.07, 6.45) is 20.9. The summed E-state index contributed by atoms with van der Waals surface area (Å²) >= 11 is 0. The van der Waals surface area contributed by atoms with Gasteiger partial charge in [0.15, 0.2) is 11.5 Å². The summed E-state index contributed by atoms with van der Waals surface area (Å²) in [4.78, 5) is 25.1. The van der Waals surface area contributed by atoms with Crippen LogP contribution in [0.1, 0.15) is 156 Å². The van der Waals surface area contributed by atoms with Crippen molar-refractivity contribution in [1.29, 1.82) is 0 Å². The molecule has 11 heteroatoms. The van der Waals surface area contributed by atoms with Crippen LogP contribution in [0.4, 0.5) is 8.63 Å². The molecule has 0 radical (unpaired) electrons. The van der Waals surface area contributed by atoms with E-state index >= 15 is 8.63 Å². The fourth-order valence-electron chi connectivity index (χ4n) is 8.92. The molecule has 0 saturated carbocycles. The number of hydrogen-bond acceptors (Lipinski definition) is 5. The number of carbonyl (C=O) groups excluding carboxylic acids is 2. The Bertz CT molecular complexity index is 2040. The third-order valence-electron chi connectivity index (χ3n) is 12.1. The molecule has 0 aliphatic carbocycles. The van der Waals surface area contributed by atoms with Crippen molar-refractivity contribution in [3.63, 3.8) is 0 Å². The number of ether oxygens (including phenoxy) is 1. The standard InChI is InChI=1S/C50H68BF2N3O5/c1-37-34-39(3)55-48(37)44(49-38(2)35-40(4)56(49)51(55,52)53)26-20-13-9-5-6-11-15-22-28-47(59)54-45(36-57)46(58)27-21-14-10-7-8-12-16-23-33-61-43-31-29-42(30-32-43)50(60)41-24-18-17-19-25-41/h17-19,21,24-25,27,29-32,34-35,45-46,57-58H,5-16,20,22-23,26,28,33,36H2,1-4H3,(H,54,59)/b27-21+/t45-,46+/m0/s1. The van der Waals surface area contributed by atoms with E-state index in [2.05, 4.69) is 5.32 Å². The molecule has 3 N–H and O–H groups in total. The van der Waals surface area contributed by atoms with Crippen molar-refractivity contribution in [2.24, 2.45) is 0 Å². The molecule has 5 rings (SSSR count). The number of fused-ring (bicyclic) bond motifs is 2. The molecule has 2 aliphatic rings. The summed E-state index contributed by atoms with van der Waals surface area (Å²) in [5.41, 5.74) is 6.79. The van der Waals surface area contributed by atoms with Crippen LogP contribution in [0.2, 0.25) is 0 Å². The number of rotatable bonds is 27. The van der Waals surface area contributed by atoms with Crippen LogP contribution in [0.3, 0.4) is 0 Å². The van der Waals surface area contributed by atoms with Crippen molar-refractivity contribution in [3.05, 3.63) is 118 Å². The molecular weight excluding hydrogens is 771 g/mol. The Kier molecular flexibility index (Phi) is 18.3. The summed E-state index contributed by atoms with van der Waals surface area (Å²) in [5.74, 6) is 0.616. The number of benzene rings is 2. The van der Waals surface area contributed by atoms with E-state index in [9.17, 15) is 19.8 Å². The van der Waals surface area contributed by atoms with Crippen molar-refractivity contribution in [2.45, 2.75) is 149 Å². The zero-order chi connectivity index (χ0) is 43.8. The van der Waals surface area contributed by atoms with Crippen LogP contribution in [0.15, 0.2) is 90.2 Å². The molecule has 0 bridgehead atoms. The molecule has 1 amide bonds. The number of halogens is 2. The first-order chi connectivity index (χ1) is 29.4. The molecule has 0 fully saturated rings. The van der Waals surface area contributed by atoms with Gasteiger partial charge in [-0.2, -0.15) is 0 Å². The average molecular weight is 840 g/mol. The summed E-state index contributed by atoms with van der Waals surface area (Å²) in [7, 11) is 0. The van der Waals surface area contributed by atoms with Crippen molar-refractivity contribution >= 4 is 29.9 Å². The third kappa shape index (κ3) is 13.0. The quantitative estimate of drug-likeness (QED) is 0.0307. The average Bonchev–Trinajstić information content (AvgIpc) is 3.74. The zero-order valence-corrected chi connectivity index (χ0v) is 36.9. The summed E-state index contributed by atoms with van der Waals surface area (Å²) < 4.78 is 40.0. The molecule has 1 aromatic heterocycles. The van der Waals surface area contributed by atoms with E-state index in [4.69, 9.17) is 4.74 Å². The molecule has 61 heavy (non-hydrogen) atoms. The molecule has 8 nitrogen and oxygen atoms in total. The van der Waals surface area contributed by atoms with Crippen LogP contribution in [-0.2, 0) is 4.79 Å². The highest BCUT2D eigenvalue weighted by Gasteiger charge is 2.54. The van der Waals surface area contributed by atoms with Gasteiger partial charge in [0.2, 0.25) is 5.91 Å². The Hall–Kier alpha value is -4.61. The van der Waals surface area contributed by atoms with Gasteiger partial charge >= 0.3 is 6.97 Å². The number of allylic oxidation sites excluding steroid dienone is 4. The van der Waals surface area contributed by atoms with Crippen LogP contribution in [0.25, 0.3) is 5.57 Å². The smallest absolute Gasteiger partial charge is 0.494 e. The molecule has 0 unspecified atom stereocenters. The van der Waals surface area contributed by atoms with Crippen LogP contribution in [0.5, 0.6) is 5.75 Å². The number of aromatic nitrogens is 1. The molecule has 3 heterocycles. The Balaban J connectivity index is 0.854. The minimum atomic E-state index is -3.92. The fraction of sp³-hybridized carbons (Fsp3) is 0.500. The summed E-state index contributed by atoms with van der Waals surface area (Å²) in [5, 5.41) is 23.2. The van der Waals surface area contributed by atoms with Gasteiger partial charge in [-0.1, -0.05) is 107 Å². The number of carbonyl (C=O) groups is 2. The third-order valence-corrected chi connectivity index (χ3v) is 12.1. The number of aryl methyl sites for hydroxylation is 2. The predicted octanol–water partition coefficient (Wildman–Crippen LogP) is 10.8. The number of unbranched alkanes of at least 4 members (excludes halogenated alkanes) is 13. The number of amides is 1. The van der Waals surface area contributed by atoms with Crippen LogP contribution in [-0.4, -0.2) is 68.9 Å². The molecule has 2 aliphatic heterocycles. The lowest BCUT2D eigenvalue weighted by Gasteiger charge is -2.34. The predicted molar refractivity (Wildman–Crippen MR) is 243 cm³/mol. The Morgan fingerprint density at radius 3 is 2.10 bits per heavy atom. The van der Waals surface area contributed by atoms with Crippen LogP contribution < -0.4 is 10.1 Å². The first-order valence-electron chi connectivity index (χ1n) is 22.8. The highest BCUT2D eigenvalue weighted by Crippen LogP contribution is 2.43. The zero-order valence-electron chi connectivity index (χ0n) is 36.9. The van der Waals surface area contributed by atoms with Gasteiger partial charge < -0.3 is 37.9 Å². The maximum atomic E-state index is 15.8. The fourth-order valence-corrected chi connectivity index (χ4v) is 8.92. The number of aliphatic hydroxyl groups is 2. The van der Waals surface area contributed by atoms with Gasteiger partial charge in [-0.3, -0.25) is 9.59 Å². The number of hydrogen-bond donors (Lipinski definition) is 3. The SMILES string of the molecule is CC1=CC(C)=[N+]2C1=C(CCCCCCCCCCC(=O)N[C@@H](CO)[C@H](O)/C=C/CCCCCCCCOc1ccc(C(=O)c3ccccc3)cc1)c1c(C)cc(C)n1[B-]2(F)F.